The smallest absolute Gasteiger partial charge is 0.0319 e. The summed E-state index contributed by atoms with van der Waals surface area (Å²) in [7, 11) is 0. The molecule has 0 nitrogen and oxygen atoms in total. The van der Waals surface area contributed by atoms with E-state index < -0.39 is 0 Å². The normalized spacial score (nSPS) is 25.2. The fourth-order valence-corrected chi connectivity index (χ4v) is 1.86. The van der Waals surface area contributed by atoms with E-state index in [0.717, 1.165) is 0 Å². The van der Waals surface area contributed by atoms with Crippen molar-refractivity contribution >= 4 is 0 Å². The molecule has 0 aromatic carbocycles. The van der Waals surface area contributed by atoms with Crippen LogP contribution in [0.3, 0.4) is 0 Å². The Morgan fingerprint density at radius 1 is 0.538 bits per heavy atom. The van der Waals surface area contributed by atoms with Crippen LogP contribution in [0, 0.1) is 6.42 Å². The molecule has 0 saturated heterocycles. The van der Waals surface area contributed by atoms with Gasteiger partial charge in [-0.15, -0.1) is 0 Å². The first kappa shape index (κ1) is 10.8. The largest absolute Gasteiger partial charge is 0.0885 e. The summed E-state index contributed by atoms with van der Waals surface area (Å²) in [5, 5.41) is 0. The number of allylic oxidation sites excluding steroid dienone is 2. The summed E-state index contributed by atoms with van der Waals surface area (Å²) in [5.41, 5.74) is 0. The fourth-order valence-electron chi connectivity index (χ4n) is 1.86. The second kappa shape index (κ2) is 8.34. The summed E-state index contributed by atoms with van der Waals surface area (Å²) in [6.45, 7) is 0. The van der Waals surface area contributed by atoms with E-state index in [9.17, 15) is 0 Å². The van der Waals surface area contributed by atoms with Gasteiger partial charge in [-0.3, -0.25) is 0 Å². The molecule has 0 heteroatoms. The topological polar surface area (TPSA) is 0 Å². The van der Waals surface area contributed by atoms with Crippen LogP contribution in [0.25, 0.3) is 0 Å². The van der Waals surface area contributed by atoms with E-state index in [1.807, 2.05) is 0 Å². The Labute approximate surface area is 83.4 Å². The lowest BCUT2D eigenvalue weighted by atomic mass is 10.1. The van der Waals surface area contributed by atoms with Gasteiger partial charge in [-0.05, 0) is 32.1 Å². The molecule has 1 rings (SSSR count). The molecular weight excluding hydrogens is 156 g/mol. The van der Waals surface area contributed by atoms with Gasteiger partial charge in [0.05, 0.1) is 0 Å². The Balaban J connectivity index is 2.09. The molecule has 0 aromatic heterocycles. The van der Waals surface area contributed by atoms with Gasteiger partial charge in [-0.2, -0.15) is 0 Å². The van der Waals surface area contributed by atoms with Crippen LogP contribution in [0.15, 0.2) is 12.2 Å². The lowest BCUT2D eigenvalue weighted by Gasteiger charge is -1.99. The standard InChI is InChI=1S/C13H23/c1-2-4-6-8-10-12-13-11-9-7-5-3-1/h1-2,5H,3-4,6-13H2/b2-1-. The second-order valence-electron chi connectivity index (χ2n) is 4.05. The van der Waals surface area contributed by atoms with Crippen molar-refractivity contribution in [2.24, 2.45) is 0 Å². The molecule has 1 aliphatic rings. The van der Waals surface area contributed by atoms with Gasteiger partial charge in [0.1, 0.15) is 0 Å². The number of rotatable bonds is 0. The molecular formula is C13H23. The third-order valence-corrected chi connectivity index (χ3v) is 2.75. The van der Waals surface area contributed by atoms with Gasteiger partial charge in [-0.25, -0.2) is 0 Å². The van der Waals surface area contributed by atoms with Gasteiger partial charge in [0.15, 0.2) is 0 Å². The first-order valence-electron chi connectivity index (χ1n) is 5.97. The number of hydrogen-bond donors (Lipinski definition) is 0. The maximum absolute atomic E-state index is 2.42. The van der Waals surface area contributed by atoms with Crippen molar-refractivity contribution in [2.45, 2.75) is 64.2 Å². The van der Waals surface area contributed by atoms with Crippen LogP contribution in [0.1, 0.15) is 64.2 Å². The molecule has 0 bridgehead atoms. The molecule has 0 aliphatic heterocycles. The molecule has 1 radical (unpaired) electrons. The summed E-state index contributed by atoms with van der Waals surface area (Å²) < 4.78 is 0. The predicted octanol–water partition coefficient (Wildman–Crippen LogP) is 4.66. The third-order valence-electron chi connectivity index (χ3n) is 2.75. The van der Waals surface area contributed by atoms with E-state index in [2.05, 4.69) is 18.6 Å². The summed E-state index contributed by atoms with van der Waals surface area (Å²) in [6, 6.07) is 0. The van der Waals surface area contributed by atoms with Gasteiger partial charge in [-0.1, -0.05) is 50.7 Å². The first-order valence-corrected chi connectivity index (χ1v) is 5.97. The Hall–Kier alpha value is -0.260. The average Bonchev–Trinajstić information content (AvgIpc) is 2.18. The Morgan fingerprint density at radius 2 is 1.15 bits per heavy atom. The minimum absolute atomic E-state index is 1.19. The highest BCUT2D eigenvalue weighted by atomic mass is 14.0. The quantitative estimate of drug-likeness (QED) is 0.474. The van der Waals surface area contributed by atoms with E-state index >= 15 is 0 Å². The van der Waals surface area contributed by atoms with Crippen molar-refractivity contribution in [2.75, 3.05) is 0 Å². The Kier molecular flexibility index (Phi) is 6.94. The van der Waals surface area contributed by atoms with Crippen molar-refractivity contribution < 1.29 is 0 Å². The van der Waals surface area contributed by atoms with Crippen molar-refractivity contribution in [3.8, 4) is 0 Å². The highest BCUT2D eigenvalue weighted by Gasteiger charge is 1.93. The van der Waals surface area contributed by atoms with E-state index in [1.54, 1.807) is 0 Å². The zero-order chi connectivity index (χ0) is 9.19. The maximum atomic E-state index is 2.42. The van der Waals surface area contributed by atoms with E-state index in [4.69, 9.17) is 0 Å². The van der Waals surface area contributed by atoms with Crippen molar-refractivity contribution in [3.05, 3.63) is 18.6 Å². The van der Waals surface area contributed by atoms with Crippen molar-refractivity contribution in [3.63, 3.8) is 0 Å². The van der Waals surface area contributed by atoms with Crippen LogP contribution in [-0.2, 0) is 0 Å². The van der Waals surface area contributed by atoms with Crippen LogP contribution in [-0.4, -0.2) is 0 Å². The van der Waals surface area contributed by atoms with Crippen molar-refractivity contribution in [1.29, 1.82) is 0 Å². The highest BCUT2D eigenvalue weighted by Crippen LogP contribution is 2.12. The molecule has 0 atom stereocenters. The minimum Gasteiger partial charge on any atom is -0.0885 e. The molecule has 0 spiro atoms. The Morgan fingerprint density at radius 3 is 1.92 bits per heavy atom. The van der Waals surface area contributed by atoms with Crippen LogP contribution in [0.5, 0.6) is 0 Å². The molecule has 13 heavy (non-hydrogen) atoms. The Bertz CT molecular complexity index is 110. The van der Waals surface area contributed by atoms with E-state index in [1.165, 1.54) is 64.2 Å². The molecule has 0 amide bonds. The lowest BCUT2D eigenvalue weighted by molar-refractivity contribution is 0.580. The monoisotopic (exact) mass is 179 g/mol. The molecule has 0 saturated carbocycles. The second-order valence-corrected chi connectivity index (χ2v) is 4.05. The molecule has 0 N–H and O–H groups in total. The van der Waals surface area contributed by atoms with E-state index in [-0.39, 0.29) is 0 Å². The molecule has 0 heterocycles. The van der Waals surface area contributed by atoms with E-state index in [0.29, 0.717) is 0 Å². The summed E-state index contributed by atoms with van der Waals surface area (Å²) in [6.07, 6.45) is 21.0. The summed E-state index contributed by atoms with van der Waals surface area (Å²) >= 11 is 0. The fraction of sp³-hybridized carbons (Fsp3) is 0.769. The molecule has 1 aliphatic carbocycles. The van der Waals surface area contributed by atoms with Gasteiger partial charge in [0, 0.05) is 0 Å². The van der Waals surface area contributed by atoms with Gasteiger partial charge in [0.25, 0.3) is 0 Å². The summed E-state index contributed by atoms with van der Waals surface area (Å²) in [5.74, 6) is 0. The molecule has 0 unspecified atom stereocenters. The zero-order valence-corrected chi connectivity index (χ0v) is 8.80. The zero-order valence-electron chi connectivity index (χ0n) is 8.80. The third kappa shape index (κ3) is 6.86. The molecule has 0 aromatic rings. The van der Waals surface area contributed by atoms with Gasteiger partial charge < -0.3 is 0 Å². The summed E-state index contributed by atoms with van der Waals surface area (Å²) in [4.78, 5) is 0. The van der Waals surface area contributed by atoms with Crippen LogP contribution < -0.4 is 0 Å². The van der Waals surface area contributed by atoms with Crippen LogP contribution in [0.2, 0.25) is 0 Å². The highest BCUT2D eigenvalue weighted by molar-refractivity contribution is 4.86. The maximum Gasteiger partial charge on any atom is -0.0319 e. The first-order chi connectivity index (χ1) is 6.50. The van der Waals surface area contributed by atoms with Gasteiger partial charge in [0.2, 0.25) is 0 Å². The molecule has 75 valence electrons. The van der Waals surface area contributed by atoms with Crippen molar-refractivity contribution in [1.82, 2.24) is 0 Å². The van der Waals surface area contributed by atoms with Crippen LogP contribution in [0.4, 0.5) is 0 Å². The predicted molar refractivity (Wildman–Crippen MR) is 59.6 cm³/mol. The van der Waals surface area contributed by atoms with Crippen LogP contribution >= 0.6 is 0 Å². The minimum atomic E-state index is 1.19. The number of hydrogen-bond acceptors (Lipinski definition) is 0. The SMILES string of the molecule is [CH]1C/C=C\CCCCCCCCC1. The lowest BCUT2D eigenvalue weighted by Crippen LogP contribution is -1.80. The average molecular weight is 179 g/mol. The molecule has 0 fully saturated rings. The van der Waals surface area contributed by atoms with Gasteiger partial charge >= 0.3 is 0 Å².